The lowest BCUT2D eigenvalue weighted by Gasteiger charge is -2.34. The second-order valence-electron chi connectivity index (χ2n) is 15.4. The Morgan fingerprint density at radius 3 is 2.24 bits per heavy atom. The van der Waals surface area contributed by atoms with Crippen molar-refractivity contribution < 1.29 is 38.6 Å². The zero-order chi connectivity index (χ0) is 40.9. The molecule has 11 nitrogen and oxygen atoms in total. The van der Waals surface area contributed by atoms with E-state index < -0.39 is 52.9 Å². The summed E-state index contributed by atoms with van der Waals surface area (Å²) >= 11 is 13.0. The highest BCUT2D eigenvalue weighted by molar-refractivity contribution is 6.35. The fraction of sp³-hybridized carbons (Fsp3) is 0.595. The van der Waals surface area contributed by atoms with Gasteiger partial charge in [-0.15, -0.1) is 0 Å². The van der Waals surface area contributed by atoms with Gasteiger partial charge in [0.05, 0.1) is 30.5 Å². The van der Waals surface area contributed by atoms with Crippen LogP contribution in [-0.4, -0.2) is 66.5 Å². The third-order valence-electron chi connectivity index (χ3n) is 10.6. The van der Waals surface area contributed by atoms with Crippen LogP contribution < -0.4 is 11.1 Å². The van der Waals surface area contributed by atoms with E-state index in [9.17, 15) is 29.1 Å². The molecule has 55 heavy (non-hydrogen) atoms. The Balaban J connectivity index is 1.90. The maximum atomic E-state index is 14.0. The fourth-order valence-corrected chi connectivity index (χ4v) is 7.92. The standard InChI is InChI=1S/C42H59Cl2N3O8/c1-7-10-15-54-40(52)29(17-26(4)39(50)51)18-30(37(45)48)23-42(5,41(53)55-16-11-8-2)22-27(9-3)38(49)46-32-14-12-13-28(19-32)34-24-47(6)25-35-33(34)20-31(43)21-36(35)44/h12-14,19-21,26-27,29-30,34H,7-11,15-18,22-25H2,1-6H3,(H2,45,48)(H,46,49)(H,50,51). The molecule has 0 fully saturated rings. The number of carboxylic acid groups (broad SMARTS) is 1. The number of fused-ring (bicyclic) bond motifs is 1. The van der Waals surface area contributed by atoms with Crippen molar-refractivity contribution in [2.45, 2.75) is 105 Å². The molecule has 0 aliphatic carbocycles. The minimum Gasteiger partial charge on any atom is -0.481 e. The number of carbonyl (C=O) groups is 5. The van der Waals surface area contributed by atoms with Crippen LogP contribution in [0.2, 0.25) is 10.0 Å². The molecule has 0 radical (unpaired) electrons. The molecule has 2 aromatic rings. The van der Waals surface area contributed by atoms with E-state index in [1.54, 1.807) is 13.0 Å². The van der Waals surface area contributed by atoms with E-state index in [1.165, 1.54) is 6.92 Å². The van der Waals surface area contributed by atoms with Crippen LogP contribution in [-0.2, 0) is 40.0 Å². The number of primary amides is 1. The summed E-state index contributed by atoms with van der Waals surface area (Å²) in [5.74, 6) is -6.86. The molecular weight excluding hydrogens is 745 g/mol. The van der Waals surface area contributed by atoms with Gasteiger partial charge >= 0.3 is 17.9 Å². The van der Waals surface area contributed by atoms with Gasteiger partial charge in [-0.1, -0.05) is 75.9 Å². The predicted molar refractivity (Wildman–Crippen MR) is 215 cm³/mol. The van der Waals surface area contributed by atoms with E-state index in [1.807, 2.05) is 58.2 Å². The Bertz CT molecular complexity index is 1650. The summed E-state index contributed by atoms with van der Waals surface area (Å²) in [5, 5.41) is 13.8. The Morgan fingerprint density at radius 2 is 1.62 bits per heavy atom. The molecule has 0 saturated heterocycles. The number of amides is 2. The summed E-state index contributed by atoms with van der Waals surface area (Å²) in [6.07, 6.45) is 2.99. The highest BCUT2D eigenvalue weighted by Gasteiger charge is 2.43. The van der Waals surface area contributed by atoms with Gasteiger partial charge in [0.25, 0.3) is 0 Å². The van der Waals surface area contributed by atoms with Crippen molar-refractivity contribution in [2.24, 2.45) is 34.8 Å². The van der Waals surface area contributed by atoms with Gasteiger partial charge in [-0.25, -0.2) is 0 Å². The molecule has 6 atom stereocenters. The van der Waals surface area contributed by atoms with Gasteiger partial charge < -0.3 is 30.5 Å². The lowest BCUT2D eigenvalue weighted by Crippen LogP contribution is -2.41. The molecule has 1 heterocycles. The van der Waals surface area contributed by atoms with Gasteiger partial charge in [0.1, 0.15) is 0 Å². The molecule has 6 unspecified atom stereocenters. The van der Waals surface area contributed by atoms with Gasteiger partial charge in [-0.05, 0) is 99.9 Å². The van der Waals surface area contributed by atoms with Crippen LogP contribution in [0.3, 0.4) is 0 Å². The SMILES string of the molecule is CCCCOC(=O)C(CC(C)C(=O)O)CC(CC(C)(CC(CC)C(=O)Nc1cccc(C2CN(C)Cc3c(Cl)cc(Cl)cc32)c1)C(=O)OCCCC)C(N)=O. The van der Waals surface area contributed by atoms with Crippen LogP contribution in [0.15, 0.2) is 36.4 Å². The Labute approximate surface area is 336 Å². The Morgan fingerprint density at radius 1 is 0.964 bits per heavy atom. The van der Waals surface area contributed by atoms with Crippen molar-refractivity contribution >= 4 is 58.6 Å². The summed E-state index contributed by atoms with van der Waals surface area (Å²) in [6.45, 7) is 10.7. The zero-order valence-corrected chi connectivity index (χ0v) is 34.6. The van der Waals surface area contributed by atoms with Crippen LogP contribution in [0, 0.1) is 29.1 Å². The van der Waals surface area contributed by atoms with E-state index in [0.717, 1.165) is 36.1 Å². The van der Waals surface area contributed by atoms with Gasteiger partial charge in [-0.2, -0.15) is 0 Å². The smallest absolute Gasteiger partial charge is 0.311 e. The molecule has 2 amide bonds. The Hall–Kier alpha value is -3.67. The molecule has 0 spiro atoms. The third-order valence-corrected chi connectivity index (χ3v) is 11.2. The number of benzene rings is 2. The Kier molecular flexibility index (Phi) is 17.9. The molecule has 0 aromatic heterocycles. The van der Waals surface area contributed by atoms with Crippen molar-refractivity contribution in [3.8, 4) is 0 Å². The highest BCUT2D eigenvalue weighted by Crippen LogP contribution is 2.41. The molecule has 4 N–H and O–H groups in total. The van der Waals surface area contributed by atoms with Crippen LogP contribution in [0.1, 0.15) is 115 Å². The molecule has 2 aromatic carbocycles. The number of rotatable bonds is 22. The van der Waals surface area contributed by atoms with Gasteiger partial charge in [0, 0.05) is 46.6 Å². The molecule has 0 bridgehead atoms. The number of carboxylic acids is 1. The molecule has 3 rings (SSSR count). The van der Waals surface area contributed by atoms with Crippen LogP contribution in [0.25, 0.3) is 0 Å². The van der Waals surface area contributed by atoms with Crippen LogP contribution >= 0.6 is 23.2 Å². The van der Waals surface area contributed by atoms with Crippen LogP contribution in [0.5, 0.6) is 0 Å². The molecule has 304 valence electrons. The number of aliphatic carboxylic acids is 1. The monoisotopic (exact) mass is 803 g/mol. The quantitative estimate of drug-likeness (QED) is 0.0786. The average Bonchev–Trinajstić information content (AvgIpc) is 3.13. The number of ether oxygens (including phenoxy) is 2. The van der Waals surface area contributed by atoms with Gasteiger partial charge in [0.15, 0.2) is 0 Å². The predicted octanol–water partition coefficient (Wildman–Crippen LogP) is 8.23. The molecule has 0 saturated carbocycles. The van der Waals surface area contributed by atoms with Crippen molar-refractivity contribution in [3.63, 3.8) is 0 Å². The fourth-order valence-electron chi connectivity index (χ4n) is 7.35. The first-order valence-electron chi connectivity index (χ1n) is 19.5. The first kappa shape index (κ1) is 45.7. The number of hydrogen-bond acceptors (Lipinski definition) is 8. The van der Waals surface area contributed by atoms with E-state index in [0.29, 0.717) is 41.5 Å². The second kappa shape index (κ2) is 21.6. The lowest BCUT2D eigenvalue weighted by molar-refractivity contribution is -0.158. The molecule has 1 aliphatic rings. The lowest BCUT2D eigenvalue weighted by atomic mass is 9.71. The third kappa shape index (κ3) is 13.2. The topological polar surface area (TPSA) is 165 Å². The summed E-state index contributed by atoms with van der Waals surface area (Å²) in [5.41, 5.74) is 8.20. The largest absolute Gasteiger partial charge is 0.481 e. The van der Waals surface area contributed by atoms with Gasteiger partial charge in [0.2, 0.25) is 11.8 Å². The maximum absolute atomic E-state index is 14.0. The summed E-state index contributed by atoms with van der Waals surface area (Å²) in [6, 6.07) is 11.3. The number of hydrogen-bond donors (Lipinski definition) is 3. The number of esters is 2. The maximum Gasteiger partial charge on any atom is 0.311 e. The minimum absolute atomic E-state index is 0.0399. The molecular formula is C42H59Cl2N3O8. The van der Waals surface area contributed by atoms with Gasteiger partial charge in [-0.3, -0.25) is 24.0 Å². The van der Waals surface area contributed by atoms with Crippen LogP contribution in [0.4, 0.5) is 5.69 Å². The van der Waals surface area contributed by atoms with E-state index in [-0.39, 0.29) is 50.7 Å². The van der Waals surface area contributed by atoms with Crippen molar-refractivity contribution in [2.75, 3.05) is 32.1 Å². The normalized spacial score (nSPS) is 17.5. The number of nitrogens with two attached hydrogens (primary N) is 1. The van der Waals surface area contributed by atoms with Crippen molar-refractivity contribution in [1.82, 2.24) is 4.90 Å². The second-order valence-corrected chi connectivity index (χ2v) is 16.3. The number of halogens is 2. The number of nitrogens with zero attached hydrogens (tertiary/aromatic N) is 1. The van der Waals surface area contributed by atoms with E-state index in [4.69, 9.17) is 38.4 Å². The number of likely N-dealkylation sites (N-methyl/N-ethyl adjacent to an activating group) is 1. The molecule has 13 heteroatoms. The first-order chi connectivity index (χ1) is 26.0. The highest BCUT2D eigenvalue weighted by atomic mass is 35.5. The number of anilines is 1. The van der Waals surface area contributed by atoms with Crippen molar-refractivity contribution in [1.29, 1.82) is 0 Å². The average molecular weight is 805 g/mol. The van der Waals surface area contributed by atoms with E-state index >= 15 is 0 Å². The molecule has 1 aliphatic heterocycles. The number of nitrogens with one attached hydrogen (secondary N) is 1. The van der Waals surface area contributed by atoms with E-state index in [2.05, 4.69) is 10.2 Å². The minimum atomic E-state index is -1.35. The first-order valence-corrected chi connectivity index (χ1v) is 20.2. The number of carbonyl (C=O) groups excluding carboxylic acids is 4. The summed E-state index contributed by atoms with van der Waals surface area (Å²) < 4.78 is 11.2. The number of unbranched alkanes of at least 4 members (excludes halogenated alkanes) is 2. The summed E-state index contributed by atoms with van der Waals surface area (Å²) in [4.78, 5) is 68.1. The van der Waals surface area contributed by atoms with Crippen molar-refractivity contribution in [3.05, 3.63) is 63.1 Å². The zero-order valence-electron chi connectivity index (χ0n) is 33.1. The summed E-state index contributed by atoms with van der Waals surface area (Å²) in [7, 11) is 2.03.